The molecule has 0 aliphatic heterocycles. The first-order valence-corrected chi connectivity index (χ1v) is 9.94. The van der Waals surface area contributed by atoms with Crippen LogP contribution in [0.25, 0.3) is 6.08 Å². The van der Waals surface area contributed by atoms with Gasteiger partial charge in [-0.25, -0.2) is 0 Å². The predicted molar refractivity (Wildman–Crippen MR) is 120 cm³/mol. The Morgan fingerprint density at radius 2 is 1.91 bits per heavy atom. The second-order valence-corrected chi connectivity index (χ2v) is 6.87. The summed E-state index contributed by atoms with van der Waals surface area (Å²) in [5.41, 5.74) is -1.25. The first-order chi connectivity index (χ1) is 16.7. The minimum atomic E-state index is -4.80. The Morgan fingerprint density at radius 1 is 1.11 bits per heavy atom. The van der Waals surface area contributed by atoms with Crippen molar-refractivity contribution >= 4 is 29.3 Å². The zero-order valence-electron chi connectivity index (χ0n) is 18.2. The van der Waals surface area contributed by atoms with Gasteiger partial charge in [-0.05, 0) is 54.1 Å². The monoisotopic (exact) mass is 485 g/mol. The number of amides is 2. The van der Waals surface area contributed by atoms with Gasteiger partial charge in [0.05, 0.1) is 24.6 Å². The average Bonchev–Trinajstić information content (AvgIpc) is 3.37. The molecule has 35 heavy (non-hydrogen) atoms. The summed E-state index contributed by atoms with van der Waals surface area (Å²) in [6.45, 7) is -0.180. The van der Waals surface area contributed by atoms with Crippen LogP contribution in [0.15, 0.2) is 65.3 Å². The van der Waals surface area contributed by atoms with Gasteiger partial charge in [-0.3, -0.25) is 9.59 Å². The van der Waals surface area contributed by atoms with E-state index in [4.69, 9.17) is 19.2 Å². The van der Waals surface area contributed by atoms with E-state index in [-0.39, 0.29) is 18.1 Å². The summed E-state index contributed by atoms with van der Waals surface area (Å²) in [4.78, 5) is 24.3. The Morgan fingerprint density at radius 3 is 2.57 bits per heavy atom. The highest BCUT2D eigenvalue weighted by molar-refractivity contribution is 6.04. The molecule has 0 aliphatic carbocycles. The van der Waals surface area contributed by atoms with Crippen molar-refractivity contribution in [2.75, 3.05) is 24.4 Å². The average molecular weight is 485 g/mol. The Labute approximate surface area is 197 Å². The summed E-state index contributed by atoms with van der Waals surface area (Å²) >= 11 is 0. The largest absolute Gasteiger partial charge is 0.493 e. The van der Waals surface area contributed by atoms with E-state index in [1.165, 1.54) is 49.8 Å². The van der Waals surface area contributed by atoms with Crippen LogP contribution in [0.1, 0.15) is 21.7 Å². The van der Waals surface area contributed by atoms with E-state index in [1.54, 1.807) is 6.07 Å². The fraction of sp³-hybridized carbons (Fsp3) is 0.125. The standard InChI is InChI=1S/C24H18F3N3O5/c1-33-21-13-15(4-8-19(21)35-12-10-28)5-9-22(31)30-18-7-6-16(14-17(18)24(25,26)27)29-23(32)20-3-2-11-34-20/h2-9,11,13-14H,12H2,1H3,(H,29,32)(H,30,31)/b9-5+. The van der Waals surface area contributed by atoms with E-state index in [0.29, 0.717) is 23.1 Å². The predicted octanol–water partition coefficient (Wildman–Crippen LogP) is 5.11. The SMILES string of the molecule is COc1cc(/C=C/C(=O)Nc2ccc(NC(=O)c3ccco3)cc2C(F)(F)F)ccc1OCC#N. The number of anilines is 2. The minimum absolute atomic E-state index is 0.0673. The Kier molecular flexibility index (Phi) is 7.78. The molecule has 0 aliphatic rings. The molecule has 3 rings (SSSR count). The number of methoxy groups -OCH3 is 1. The van der Waals surface area contributed by atoms with Crippen LogP contribution in [-0.2, 0) is 11.0 Å². The molecular weight excluding hydrogens is 467 g/mol. The number of carbonyl (C=O) groups excluding carboxylic acids is 2. The Bertz CT molecular complexity index is 1280. The van der Waals surface area contributed by atoms with E-state index in [9.17, 15) is 22.8 Å². The van der Waals surface area contributed by atoms with E-state index >= 15 is 0 Å². The minimum Gasteiger partial charge on any atom is -0.493 e. The van der Waals surface area contributed by atoms with Crippen molar-refractivity contribution in [2.24, 2.45) is 0 Å². The number of ether oxygens (including phenoxy) is 2. The Balaban J connectivity index is 1.75. The van der Waals surface area contributed by atoms with Crippen LogP contribution in [0.4, 0.5) is 24.5 Å². The molecule has 0 atom stereocenters. The number of alkyl halides is 3. The molecule has 8 nitrogen and oxygen atoms in total. The van der Waals surface area contributed by atoms with Crippen molar-refractivity contribution in [1.82, 2.24) is 0 Å². The summed E-state index contributed by atoms with van der Waals surface area (Å²) in [6, 6.07) is 12.3. The van der Waals surface area contributed by atoms with Gasteiger partial charge in [0.15, 0.2) is 23.9 Å². The molecule has 2 aromatic carbocycles. The van der Waals surface area contributed by atoms with Crippen LogP contribution in [0, 0.1) is 11.3 Å². The van der Waals surface area contributed by atoms with Gasteiger partial charge in [-0.15, -0.1) is 0 Å². The van der Waals surface area contributed by atoms with Crippen molar-refractivity contribution in [3.63, 3.8) is 0 Å². The lowest BCUT2D eigenvalue weighted by Crippen LogP contribution is -2.16. The molecule has 0 saturated carbocycles. The zero-order valence-corrected chi connectivity index (χ0v) is 18.2. The highest BCUT2D eigenvalue weighted by Crippen LogP contribution is 2.37. The molecule has 3 aromatic rings. The third kappa shape index (κ3) is 6.64. The fourth-order valence-corrected chi connectivity index (χ4v) is 2.93. The quantitative estimate of drug-likeness (QED) is 0.429. The molecule has 0 bridgehead atoms. The second kappa shape index (κ2) is 10.9. The van der Waals surface area contributed by atoms with Gasteiger partial charge in [0.25, 0.3) is 5.91 Å². The van der Waals surface area contributed by atoms with Crippen LogP contribution in [0.5, 0.6) is 11.5 Å². The van der Waals surface area contributed by atoms with Crippen molar-refractivity contribution in [1.29, 1.82) is 5.26 Å². The summed E-state index contributed by atoms with van der Waals surface area (Å²) in [5.74, 6) is -0.963. The van der Waals surface area contributed by atoms with Gasteiger partial charge in [0.2, 0.25) is 5.91 Å². The molecular formula is C24H18F3N3O5. The topological polar surface area (TPSA) is 114 Å². The molecule has 0 saturated heterocycles. The number of nitriles is 1. The number of hydrogen-bond donors (Lipinski definition) is 2. The molecule has 0 fully saturated rings. The number of hydrogen-bond acceptors (Lipinski definition) is 6. The van der Waals surface area contributed by atoms with Crippen LogP contribution in [0.3, 0.4) is 0 Å². The summed E-state index contributed by atoms with van der Waals surface area (Å²) in [7, 11) is 1.40. The van der Waals surface area contributed by atoms with E-state index in [1.807, 2.05) is 6.07 Å². The van der Waals surface area contributed by atoms with Crippen LogP contribution < -0.4 is 20.1 Å². The summed E-state index contributed by atoms with van der Waals surface area (Å²) < 4.78 is 56.1. The number of nitrogens with zero attached hydrogens (tertiary/aromatic N) is 1. The molecule has 1 aromatic heterocycles. The van der Waals surface area contributed by atoms with Gasteiger partial charge in [0, 0.05) is 11.8 Å². The maximum Gasteiger partial charge on any atom is 0.418 e. The number of rotatable bonds is 8. The first-order valence-electron chi connectivity index (χ1n) is 9.94. The first kappa shape index (κ1) is 24.9. The van der Waals surface area contributed by atoms with Crippen molar-refractivity contribution in [3.05, 3.63) is 77.8 Å². The van der Waals surface area contributed by atoms with Gasteiger partial charge >= 0.3 is 6.18 Å². The maximum absolute atomic E-state index is 13.6. The van der Waals surface area contributed by atoms with Gasteiger partial charge < -0.3 is 24.5 Å². The number of benzene rings is 2. The number of halogens is 3. The number of nitrogens with one attached hydrogen (secondary N) is 2. The van der Waals surface area contributed by atoms with Crippen LogP contribution in [-0.4, -0.2) is 25.5 Å². The van der Waals surface area contributed by atoms with Gasteiger partial charge in [0.1, 0.15) is 6.07 Å². The lowest BCUT2D eigenvalue weighted by Gasteiger charge is -2.15. The highest BCUT2D eigenvalue weighted by atomic mass is 19.4. The van der Waals surface area contributed by atoms with E-state index < -0.39 is 29.2 Å². The Hall–Kier alpha value is -4.72. The smallest absolute Gasteiger partial charge is 0.418 e. The third-order valence-electron chi connectivity index (χ3n) is 4.49. The van der Waals surface area contributed by atoms with Crippen molar-refractivity contribution in [2.45, 2.75) is 6.18 Å². The van der Waals surface area contributed by atoms with Crippen LogP contribution in [0.2, 0.25) is 0 Å². The van der Waals surface area contributed by atoms with Crippen LogP contribution >= 0.6 is 0 Å². The fourth-order valence-electron chi connectivity index (χ4n) is 2.93. The normalized spacial score (nSPS) is 11.1. The highest BCUT2D eigenvalue weighted by Gasteiger charge is 2.34. The molecule has 1 heterocycles. The van der Waals surface area contributed by atoms with Crippen molar-refractivity contribution < 1.29 is 36.7 Å². The van der Waals surface area contributed by atoms with E-state index in [0.717, 1.165) is 12.1 Å². The lowest BCUT2D eigenvalue weighted by molar-refractivity contribution is -0.136. The lowest BCUT2D eigenvalue weighted by atomic mass is 10.1. The summed E-state index contributed by atoms with van der Waals surface area (Å²) in [5, 5.41) is 13.1. The van der Waals surface area contributed by atoms with Crippen molar-refractivity contribution in [3.8, 4) is 17.6 Å². The molecule has 180 valence electrons. The second-order valence-electron chi connectivity index (χ2n) is 6.87. The molecule has 11 heteroatoms. The molecule has 0 unspecified atom stereocenters. The zero-order chi connectivity index (χ0) is 25.4. The molecule has 2 amide bonds. The molecule has 2 N–H and O–H groups in total. The molecule has 0 radical (unpaired) electrons. The number of furan rings is 1. The number of carbonyl (C=O) groups is 2. The molecule has 0 spiro atoms. The van der Waals surface area contributed by atoms with E-state index in [2.05, 4.69) is 10.6 Å². The summed E-state index contributed by atoms with van der Waals surface area (Å²) in [6.07, 6.45) is -1.12. The third-order valence-corrected chi connectivity index (χ3v) is 4.49. The van der Waals surface area contributed by atoms with Gasteiger partial charge in [-0.2, -0.15) is 18.4 Å². The maximum atomic E-state index is 13.6. The van der Waals surface area contributed by atoms with Gasteiger partial charge in [-0.1, -0.05) is 6.07 Å².